The first kappa shape index (κ1) is 29.3. The predicted octanol–water partition coefficient (Wildman–Crippen LogP) is 4.04. The van der Waals surface area contributed by atoms with Crippen LogP contribution in [0.4, 0.5) is 11.4 Å². The zero-order chi connectivity index (χ0) is 28.6. The van der Waals surface area contributed by atoms with Crippen LogP contribution >= 0.6 is 0 Å². The smallest absolute Gasteiger partial charge is 0.271 e. The number of aryl methyl sites for hydroxylation is 1. The fourth-order valence-electron chi connectivity index (χ4n) is 4.11. The highest BCUT2D eigenvalue weighted by atomic mass is 32.2. The third-order valence-corrected chi connectivity index (χ3v) is 7.94. The van der Waals surface area contributed by atoms with E-state index < -0.39 is 33.4 Å². The fraction of sp³-hybridized carbons (Fsp3) is 0.286. The summed E-state index contributed by atoms with van der Waals surface area (Å²) in [5, 5.41) is 14.2. The molecule has 0 heterocycles. The van der Waals surface area contributed by atoms with Gasteiger partial charge in [-0.2, -0.15) is 0 Å². The van der Waals surface area contributed by atoms with Gasteiger partial charge in [0, 0.05) is 25.2 Å². The summed E-state index contributed by atoms with van der Waals surface area (Å²) in [4.78, 5) is 38.9. The molecule has 3 rings (SSSR count). The molecule has 0 saturated heterocycles. The topological polar surface area (TPSA) is 130 Å². The van der Waals surface area contributed by atoms with E-state index >= 15 is 0 Å². The number of nitrogens with zero attached hydrogens (tertiary/aromatic N) is 3. The van der Waals surface area contributed by atoms with Crippen molar-refractivity contribution >= 4 is 33.2 Å². The Morgan fingerprint density at radius 2 is 1.64 bits per heavy atom. The number of non-ortho nitro benzene ring substituents is 1. The van der Waals surface area contributed by atoms with Gasteiger partial charge in [-0.15, -0.1) is 0 Å². The first-order valence-electron chi connectivity index (χ1n) is 12.5. The lowest BCUT2D eigenvalue weighted by atomic mass is 10.1. The lowest BCUT2D eigenvalue weighted by molar-refractivity contribution is -0.384. The number of amides is 2. The van der Waals surface area contributed by atoms with Crippen molar-refractivity contribution in [2.45, 2.75) is 44.7 Å². The van der Waals surface area contributed by atoms with Crippen molar-refractivity contribution in [3.63, 3.8) is 0 Å². The molecule has 1 unspecified atom stereocenters. The Hall–Kier alpha value is -4.25. The number of rotatable bonds is 12. The first-order chi connectivity index (χ1) is 18.6. The molecule has 3 aromatic rings. The zero-order valence-corrected chi connectivity index (χ0v) is 22.9. The molecule has 2 amide bonds. The van der Waals surface area contributed by atoms with Gasteiger partial charge in [0.05, 0.1) is 15.5 Å². The number of carbonyl (C=O) groups excluding carboxylic acids is 2. The van der Waals surface area contributed by atoms with E-state index in [1.54, 1.807) is 32.0 Å². The second-order valence-electron chi connectivity index (χ2n) is 8.93. The van der Waals surface area contributed by atoms with Crippen molar-refractivity contribution in [1.82, 2.24) is 10.2 Å². The largest absolute Gasteiger partial charge is 0.355 e. The van der Waals surface area contributed by atoms with E-state index in [1.165, 1.54) is 35.2 Å². The fourth-order valence-corrected chi connectivity index (χ4v) is 5.54. The van der Waals surface area contributed by atoms with Crippen molar-refractivity contribution in [3.8, 4) is 0 Å². The number of nitrogens with one attached hydrogen (secondary N) is 1. The molecule has 3 aromatic carbocycles. The third-order valence-electron chi connectivity index (χ3n) is 6.15. The Kier molecular flexibility index (Phi) is 9.78. The van der Waals surface area contributed by atoms with Gasteiger partial charge in [0.15, 0.2) is 0 Å². The van der Waals surface area contributed by atoms with Crippen LogP contribution in [0.25, 0.3) is 0 Å². The van der Waals surface area contributed by atoms with Crippen LogP contribution < -0.4 is 9.62 Å². The molecule has 0 radical (unpaired) electrons. The molecule has 0 fully saturated rings. The minimum atomic E-state index is -4.30. The van der Waals surface area contributed by atoms with Gasteiger partial charge in [0.2, 0.25) is 11.8 Å². The molecule has 39 heavy (non-hydrogen) atoms. The van der Waals surface area contributed by atoms with E-state index in [1.807, 2.05) is 31.2 Å². The molecule has 0 bridgehead atoms. The second kappa shape index (κ2) is 13.0. The van der Waals surface area contributed by atoms with E-state index in [0.717, 1.165) is 21.5 Å². The molecule has 0 aliphatic carbocycles. The van der Waals surface area contributed by atoms with Crippen molar-refractivity contribution in [2.24, 2.45) is 0 Å². The van der Waals surface area contributed by atoms with Gasteiger partial charge in [0.1, 0.15) is 12.6 Å². The van der Waals surface area contributed by atoms with Gasteiger partial charge < -0.3 is 10.2 Å². The number of sulfonamides is 1. The second-order valence-corrected chi connectivity index (χ2v) is 10.8. The molecule has 0 aliphatic rings. The van der Waals surface area contributed by atoms with Crippen LogP contribution in [-0.2, 0) is 26.2 Å². The van der Waals surface area contributed by atoms with E-state index in [2.05, 4.69) is 5.32 Å². The highest BCUT2D eigenvalue weighted by Gasteiger charge is 2.34. The maximum absolute atomic E-state index is 13.9. The summed E-state index contributed by atoms with van der Waals surface area (Å²) in [5.74, 6) is -0.979. The number of benzene rings is 3. The molecule has 0 aliphatic heterocycles. The van der Waals surface area contributed by atoms with Crippen molar-refractivity contribution in [2.75, 3.05) is 17.4 Å². The average molecular weight is 553 g/mol. The summed E-state index contributed by atoms with van der Waals surface area (Å²) in [6.45, 7) is 5.25. The van der Waals surface area contributed by atoms with E-state index in [-0.39, 0.29) is 28.7 Å². The van der Waals surface area contributed by atoms with E-state index in [4.69, 9.17) is 0 Å². The minimum Gasteiger partial charge on any atom is -0.355 e. The van der Waals surface area contributed by atoms with Gasteiger partial charge in [-0.1, -0.05) is 61.0 Å². The number of carbonyl (C=O) groups is 2. The number of hydrogen-bond donors (Lipinski definition) is 1. The van der Waals surface area contributed by atoms with Crippen LogP contribution in [0, 0.1) is 17.0 Å². The maximum Gasteiger partial charge on any atom is 0.271 e. The van der Waals surface area contributed by atoms with Crippen LogP contribution in [-0.4, -0.2) is 49.2 Å². The van der Waals surface area contributed by atoms with E-state index in [9.17, 15) is 28.1 Å². The van der Waals surface area contributed by atoms with Gasteiger partial charge in [0.25, 0.3) is 15.7 Å². The molecule has 206 valence electrons. The van der Waals surface area contributed by atoms with Crippen molar-refractivity contribution < 1.29 is 22.9 Å². The Bertz CT molecular complexity index is 1410. The lowest BCUT2D eigenvalue weighted by Crippen LogP contribution is -2.52. The van der Waals surface area contributed by atoms with Gasteiger partial charge in [-0.05, 0) is 44.0 Å². The number of anilines is 1. The number of nitro benzene ring substituents is 1. The Morgan fingerprint density at radius 3 is 2.23 bits per heavy atom. The Morgan fingerprint density at radius 1 is 0.974 bits per heavy atom. The monoisotopic (exact) mass is 552 g/mol. The quantitative estimate of drug-likeness (QED) is 0.267. The van der Waals surface area contributed by atoms with Gasteiger partial charge >= 0.3 is 0 Å². The first-order valence-corrected chi connectivity index (χ1v) is 14.0. The molecular weight excluding hydrogens is 520 g/mol. The van der Waals surface area contributed by atoms with Crippen LogP contribution in [0.1, 0.15) is 31.4 Å². The minimum absolute atomic E-state index is 0.0391. The number of likely N-dealkylation sites (N-methyl/N-ethyl adjacent to an activating group) is 1. The van der Waals surface area contributed by atoms with Crippen LogP contribution in [0.3, 0.4) is 0 Å². The number of hydrogen-bond acceptors (Lipinski definition) is 6. The molecule has 1 N–H and O–H groups in total. The zero-order valence-electron chi connectivity index (χ0n) is 22.1. The summed E-state index contributed by atoms with van der Waals surface area (Å²) in [6, 6.07) is 19.2. The molecule has 11 heteroatoms. The third kappa shape index (κ3) is 7.20. The van der Waals surface area contributed by atoms with Crippen molar-refractivity contribution in [1.29, 1.82) is 0 Å². The summed E-state index contributed by atoms with van der Waals surface area (Å²) in [6.07, 6.45) is 0.297. The summed E-state index contributed by atoms with van der Waals surface area (Å²) < 4.78 is 28.4. The lowest BCUT2D eigenvalue weighted by Gasteiger charge is -2.33. The molecular formula is C28H32N4O6S. The van der Waals surface area contributed by atoms with E-state index in [0.29, 0.717) is 13.0 Å². The standard InChI is InChI=1S/C28H32N4O6S/c1-4-26(28(34)29-5-2)30(19-22-16-14-21(3)15-17-22)27(33)20-31(23-10-9-11-24(18-23)32(35)36)39(37,38)25-12-7-6-8-13-25/h6-18,26H,4-5,19-20H2,1-3H3,(H,29,34). The Balaban J connectivity index is 2.08. The molecule has 0 saturated carbocycles. The molecule has 10 nitrogen and oxygen atoms in total. The summed E-state index contributed by atoms with van der Waals surface area (Å²) in [7, 11) is -4.30. The molecule has 0 spiro atoms. The summed E-state index contributed by atoms with van der Waals surface area (Å²) in [5.41, 5.74) is 1.43. The van der Waals surface area contributed by atoms with Crippen LogP contribution in [0.2, 0.25) is 0 Å². The molecule has 0 aromatic heterocycles. The maximum atomic E-state index is 13.9. The van der Waals surface area contributed by atoms with Crippen LogP contribution in [0.15, 0.2) is 83.8 Å². The number of nitro groups is 1. The van der Waals surface area contributed by atoms with Gasteiger partial charge in [-0.3, -0.25) is 24.0 Å². The molecule has 1 atom stereocenters. The SMILES string of the molecule is CCNC(=O)C(CC)N(Cc1ccc(C)cc1)C(=O)CN(c1cccc([N+](=O)[O-])c1)S(=O)(=O)c1ccccc1. The van der Waals surface area contributed by atoms with Crippen molar-refractivity contribution in [3.05, 3.63) is 100 Å². The Labute approximate surface area is 228 Å². The van der Waals surface area contributed by atoms with Crippen LogP contribution in [0.5, 0.6) is 0 Å². The van der Waals surface area contributed by atoms with Gasteiger partial charge in [-0.25, -0.2) is 8.42 Å². The normalized spacial score (nSPS) is 11.9. The highest BCUT2D eigenvalue weighted by Crippen LogP contribution is 2.27. The predicted molar refractivity (Wildman–Crippen MR) is 149 cm³/mol. The highest BCUT2D eigenvalue weighted by molar-refractivity contribution is 7.92. The summed E-state index contributed by atoms with van der Waals surface area (Å²) >= 11 is 0. The average Bonchev–Trinajstić information content (AvgIpc) is 2.93.